The summed E-state index contributed by atoms with van der Waals surface area (Å²) in [4.78, 5) is 20.8. The predicted molar refractivity (Wildman–Crippen MR) is 48.6 cm³/mol. The quantitative estimate of drug-likeness (QED) is 0.306. The van der Waals surface area contributed by atoms with Crippen molar-refractivity contribution >= 4 is 11.9 Å². The Hall–Kier alpha value is -0.463. The molecule has 0 aliphatic carbocycles. The molecule has 78 valence electrons. The van der Waals surface area contributed by atoms with Crippen molar-refractivity contribution in [1.29, 1.82) is 0 Å². The molecule has 0 atom stereocenters. The van der Waals surface area contributed by atoms with Gasteiger partial charge in [0.15, 0.2) is 5.92 Å². The number of rotatable bonds is 7. The zero-order valence-electron chi connectivity index (χ0n) is 9.82. The monoisotopic (exact) mass is 196 g/mol. The van der Waals surface area contributed by atoms with Crippen molar-refractivity contribution < 1.29 is 40.1 Å². The van der Waals surface area contributed by atoms with Crippen LogP contribution in [0.3, 0.4) is 0 Å². The Morgan fingerprint density at radius 3 is 2.00 bits per heavy atom. The second-order valence-electron chi connectivity index (χ2n) is 3.08. The Morgan fingerprint density at radius 2 is 1.64 bits per heavy atom. The van der Waals surface area contributed by atoms with E-state index in [0.29, 0.717) is 6.42 Å². The molecular formula is C9H17LiO4. The third kappa shape index (κ3) is 6.99. The van der Waals surface area contributed by atoms with Gasteiger partial charge in [-0.05, 0) is 6.42 Å². The molecular weight excluding hydrogens is 179 g/mol. The molecule has 0 amide bonds. The van der Waals surface area contributed by atoms with Crippen LogP contribution in [-0.2, 0) is 9.59 Å². The summed E-state index contributed by atoms with van der Waals surface area (Å²) in [5.41, 5.74) is 0. The van der Waals surface area contributed by atoms with Gasteiger partial charge >= 0.3 is 30.8 Å². The van der Waals surface area contributed by atoms with Gasteiger partial charge < -0.3 is 11.6 Å². The van der Waals surface area contributed by atoms with E-state index in [1.54, 1.807) is 0 Å². The van der Waals surface area contributed by atoms with Gasteiger partial charge in [-0.1, -0.05) is 32.6 Å². The molecule has 0 aromatic rings. The molecule has 0 spiro atoms. The summed E-state index contributed by atoms with van der Waals surface area (Å²) < 4.78 is 0. The van der Waals surface area contributed by atoms with Gasteiger partial charge in [0.1, 0.15) is 0 Å². The van der Waals surface area contributed by atoms with Gasteiger partial charge in [-0.15, -0.1) is 0 Å². The average molecular weight is 196 g/mol. The summed E-state index contributed by atoms with van der Waals surface area (Å²) in [6.07, 6.45) is 3.92. The van der Waals surface area contributed by atoms with Crippen molar-refractivity contribution in [3.05, 3.63) is 0 Å². The van der Waals surface area contributed by atoms with Crippen molar-refractivity contribution in [3.63, 3.8) is 0 Å². The zero-order valence-corrected chi connectivity index (χ0v) is 8.82. The first-order chi connectivity index (χ1) is 6.09. The minimum absolute atomic E-state index is 0. The predicted octanol–water partition coefficient (Wildman–Crippen LogP) is -1.14. The van der Waals surface area contributed by atoms with Crippen molar-refractivity contribution in [3.8, 4) is 0 Å². The van der Waals surface area contributed by atoms with Crippen molar-refractivity contribution in [2.75, 3.05) is 0 Å². The molecule has 0 aliphatic heterocycles. The maximum absolute atomic E-state index is 10.4. The minimum Gasteiger partial charge on any atom is -1.00 e. The molecule has 0 aromatic carbocycles. The third-order valence-electron chi connectivity index (χ3n) is 1.94. The van der Waals surface area contributed by atoms with Crippen molar-refractivity contribution in [1.82, 2.24) is 0 Å². The summed E-state index contributed by atoms with van der Waals surface area (Å²) in [5, 5.41) is 17.0. The smallest absolute Gasteiger partial charge is 1.00 e. The SMILES string of the molecule is CCCCCCC(C(=O)O)C(=O)O.[H-].[Li+]. The Kier molecular flexibility index (Phi) is 10.4. The maximum atomic E-state index is 10.4. The van der Waals surface area contributed by atoms with Crippen LogP contribution in [0.5, 0.6) is 0 Å². The van der Waals surface area contributed by atoms with Gasteiger partial charge in [0, 0.05) is 0 Å². The van der Waals surface area contributed by atoms with Crippen LogP contribution in [0.25, 0.3) is 0 Å². The molecule has 0 aromatic heterocycles. The Bertz CT molecular complexity index is 173. The Morgan fingerprint density at radius 1 is 1.14 bits per heavy atom. The van der Waals surface area contributed by atoms with Crippen LogP contribution in [0, 0.1) is 5.92 Å². The first-order valence-corrected chi connectivity index (χ1v) is 4.55. The summed E-state index contributed by atoms with van der Waals surface area (Å²) >= 11 is 0. The van der Waals surface area contributed by atoms with Gasteiger partial charge in [0.25, 0.3) is 0 Å². The number of aliphatic carboxylic acids is 2. The van der Waals surface area contributed by atoms with E-state index in [1.807, 2.05) is 6.92 Å². The van der Waals surface area contributed by atoms with Crippen LogP contribution in [0.1, 0.15) is 40.5 Å². The van der Waals surface area contributed by atoms with Gasteiger partial charge in [-0.25, -0.2) is 0 Å². The van der Waals surface area contributed by atoms with Crippen molar-refractivity contribution in [2.24, 2.45) is 5.92 Å². The number of carbonyl (C=O) groups is 2. The van der Waals surface area contributed by atoms with Crippen LogP contribution in [0.15, 0.2) is 0 Å². The molecule has 14 heavy (non-hydrogen) atoms. The number of unbranched alkanes of at least 4 members (excludes halogenated alkanes) is 3. The van der Waals surface area contributed by atoms with E-state index in [4.69, 9.17) is 10.2 Å². The summed E-state index contributed by atoms with van der Waals surface area (Å²) in [6, 6.07) is 0. The normalized spacial score (nSPS) is 9.57. The van der Waals surface area contributed by atoms with Crippen LogP contribution < -0.4 is 18.9 Å². The fourth-order valence-corrected chi connectivity index (χ4v) is 1.13. The molecule has 2 N–H and O–H groups in total. The van der Waals surface area contributed by atoms with Crippen LogP contribution in [-0.4, -0.2) is 22.2 Å². The van der Waals surface area contributed by atoms with E-state index in [9.17, 15) is 9.59 Å². The Labute approximate surface area is 97.4 Å². The average Bonchev–Trinajstić information content (AvgIpc) is 2.02. The van der Waals surface area contributed by atoms with Gasteiger partial charge in [0.2, 0.25) is 0 Å². The molecule has 0 rings (SSSR count). The molecule has 0 bridgehead atoms. The number of carboxylic acids is 2. The molecule has 5 heteroatoms. The Balaban J connectivity index is -0.000000720. The number of hydrogen-bond acceptors (Lipinski definition) is 2. The van der Waals surface area contributed by atoms with Gasteiger partial charge in [-0.3, -0.25) is 9.59 Å². The molecule has 0 heterocycles. The minimum atomic E-state index is -1.23. The van der Waals surface area contributed by atoms with Gasteiger partial charge in [-0.2, -0.15) is 0 Å². The van der Waals surface area contributed by atoms with E-state index in [1.165, 1.54) is 0 Å². The largest absolute Gasteiger partial charge is 1.00 e. The molecule has 4 nitrogen and oxygen atoms in total. The second-order valence-corrected chi connectivity index (χ2v) is 3.08. The van der Waals surface area contributed by atoms with Crippen molar-refractivity contribution in [2.45, 2.75) is 39.0 Å². The van der Waals surface area contributed by atoms with Crippen LogP contribution in [0.4, 0.5) is 0 Å². The summed E-state index contributed by atoms with van der Waals surface area (Å²) in [7, 11) is 0. The van der Waals surface area contributed by atoms with E-state index < -0.39 is 17.9 Å². The first kappa shape index (κ1) is 16.0. The molecule has 0 saturated heterocycles. The van der Waals surface area contributed by atoms with E-state index in [2.05, 4.69) is 0 Å². The fraction of sp³-hybridized carbons (Fsp3) is 0.778. The summed E-state index contributed by atoms with van der Waals surface area (Å²) in [5.74, 6) is -3.69. The fourth-order valence-electron chi connectivity index (χ4n) is 1.13. The molecule has 0 radical (unpaired) electrons. The van der Waals surface area contributed by atoms with Crippen LogP contribution in [0.2, 0.25) is 0 Å². The standard InChI is InChI=1S/C9H16O4.Li.H/c1-2-3-4-5-6-7(8(10)11)9(12)13;;/h7H,2-6H2,1H3,(H,10,11)(H,12,13);;/q;+1;-1. The molecule has 0 aliphatic rings. The topological polar surface area (TPSA) is 74.6 Å². The molecule has 0 fully saturated rings. The second kappa shape index (κ2) is 9.11. The van der Waals surface area contributed by atoms with Gasteiger partial charge in [0.05, 0.1) is 0 Å². The van der Waals surface area contributed by atoms with Crippen LogP contribution >= 0.6 is 0 Å². The number of carboxylic acid groups (broad SMARTS) is 2. The van der Waals surface area contributed by atoms with E-state index in [-0.39, 0.29) is 26.7 Å². The zero-order chi connectivity index (χ0) is 10.3. The third-order valence-corrected chi connectivity index (χ3v) is 1.94. The maximum Gasteiger partial charge on any atom is 1.00 e. The molecule has 0 saturated carbocycles. The molecule has 0 unspecified atom stereocenters. The van der Waals surface area contributed by atoms with E-state index >= 15 is 0 Å². The summed E-state index contributed by atoms with van der Waals surface area (Å²) in [6.45, 7) is 2.05. The first-order valence-electron chi connectivity index (χ1n) is 4.55. The number of hydrogen-bond donors (Lipinski definition) is 2. The van der Waals surface area contributed by atoms with E-state index in [0.717, 1.165) is 19.3 Å².